The third-order valence-electron chi connectivity index (χ3n) is 2.19. The van der Waals surface area contributed by atoms with Gasteiger partial charge in [-0.25, -0.2) is 0 Å². The van der Waals surface area contributed by atoms with Gasteiger partial charge in [0.25, 0.3) is 5.91 Å². The Kier molecular flexibility index (Phi) is 4.90. The summed E-state index contributed by atoms with van der Waals surface area (Å²) in [5.41, 5.74) is 0. The molecule has 0 saturated heterocycles. The van der Waals surface area contributed by atoms with Gasteiger partial charge in [-0.3, -0.25) is 9.48 Å². The van der Waals surface area contributed by atoms with Gasteiger partial charge < -0.3 is 5.32 Å². The molecule has 1 amide bonds. The van der Waals surface area contributed by atoms with Gasteiger partial charge in [-0.15, -0.1) is 16.4 Å². The largest absolute Gasteiger partial charge is 0.351 e. The molecule has 1 N–H and O–H groups in total. The van der Waals surface area contributed by atoms with E-state index in [1.165, 1.54) is 11.3 Å². The Balaban J connectivity index is 1.75. The number of amides is 1. The van der Waals surface area contributed by atoms with Crippen LogP contribution in [-0.2, 0) is 6.54 Å². The summed E-state index contributed by atoms with van der Waals surface area (Å²) in [6.07, 6.45) is 4.26. The van der Waals surface area contributed by atoms with Crippen molar-refractivity contribution in [2.24, 2.45) is 0 Å². The van der Waals surface area contributed by atoms with E-state index < -0.39 is 0 Å². The van der Waals surface area contributed by atoms with Gasteiger partial charge in [-0.2, -0.15) is 0 Å². The zero-order valence-corrected chi connectivity index (χ0v) is 13.3. The van der Waals surface area contributed by atoms with Gasteiger partial charge in [0, 0.05) is 23.8 Å². The van der Waals surface area contributed by atoms with E-state index in [1.807, 2.05) is 6.07 Å². The van der Waals surface area contributed by atoms with Gasteiger partial charge in [-0.1, -0.05) is 5.21 Å². The Morgan fingerprint density at radius 3 is 2.94 bits per heavy atom. The van der Waals surface area contributed by atoms with Crippen LogP contribution >= 0.6 is 43.2 Å². The molecule has 0 saturated carbocycles. The molecule has 0 aliphatic rings. The van der Waals surface area contributed by atoms with Crippen molar-refractivity contribution < 1.29 is 4.79 Å². The fourth-order valence-corrected chi connectivity index (χ4v) is 3.29. The van der Waals surface area contributed by atoms with Crippen LogP contribution < -0.4 is 5.32 Å². The van der Waals surface area contributed by atoms with Crippen molar-refractivity contribution in [1.82, 2.24) is 20.3 Å². The number of carbonyl (C=O) groups excluding carboxylic acids is 1. The maximum absolute atomic E-state index is 11.8. The molecule has 0 spiro atoms. The van der Waals surface area contributed by atoms with Crippen molar-refractivity contribution in [3.05, 3.63) is 31.6 Å². The summed E-state index contributed by atoms with van der Waals surface area (Å²) < 4.78 is 3.57. The SMILES string of the molecule is O=C(NCCCn1ccnn1)c1cc(Br)c(Br)s1. The minimum Gasteiger partial charge on any atom is -0.351 e. The average Bonchev–Trinajstić information content (AvgIpc) is 2.96. The first kappa shape index (κ1) is 13.7. The third-order valence-corrected chi connectivity index (χ3v) is 5.45. The van der Waals surface area contributed by atoms with E-state index >= 15 is 0 Å². The predicted molar refractivity (Wildman–Crippen MR) is 76.7 cm³/mol. The van der Waals surface area contributed by atoms with E-state index in [4.69, 9.17) is 0 Å². The molecule has 2 rings (SSSR count). The van der Waals surface area contributed by atoms with Crippen LogP contribution in [0.3, 0.4) is 0 Å². The lowest BCUT2D eigenvalue weighted by Crippen LogP contribution is -2.24. The van der Waals surface area contributed by atoms with Gasteiger partial charge in [0.2, 0.25) is 0 Å². The van der Waals surface area contributed by atoms with Crippen molar-refractivity contribution in [3.63, 3.8) is 0 Å². The van der Waals surface area contributed by atoms with Crippen molar-refractivity contribution in [3.8, 4) is 0 Å². The number of hydrogen-bond acceptors (Lipinski definition) is 4. The van der Waals surface area contributed by atoms with Crippen molar-refractivity contribution >= 4 is 49.1 Å². The van der Waals surface area contributed by atoms with Gasteiger partial charge in [0.05, 0.1) is 14.9 Å². The van der Waals surface area contributed by atoms with Crippen molar-refractivity contribution in [1.29, 1.82) is 0 Å². The number of carbonyl (C=O) groups is 1. The van der Waals surface area contributed by atoms with E-state index in [0.717, 1.165) is 21.2 Å². The predicted octanol–water partition coefficient (Wildman–Crippen LogP) is 2.68. The second-order valence-electron chi connectivity index (χ2n) is 3.51. The zero-order chi connectivity index (χ0) is 13.0. The molecule has 0 unspecified atom stereocenters. The molecular formula is C10H10Br2N4OS. The van der Waals surface area contributed by atoms with E-state index in [2.05, 4.69) is 47.5 Å². The molecule has 5 nitrogen and oxygen atoms in total. The highest BCUT2D eigenvalue weighted by Gasteiger charge is 2.11. The molecule has 0 fully saturated rings. The fraction of sp³-hybridized carbons (Fsp3) is 0.300. The molecule has 8 heteroatoms. The number of thiophene rings is 1. The Labute approximate surface area is 125 Å². The summed E-state index contributed by atoms with van der Waals surface area (Å²) in [6, 6.07) is 1.81. The molecular weight excluding hydrogens is 384 g/mol. The van der Waals surface area contributed by atoms with Crippen LogP contribution in [-0.4, -0.2) is 27.4 Å². The highest BCUT2D eigenvalue weighted by Crippen LogP contribution is 2.32. The van der Waals surface area contributed by atoms with E-state index in [0.29, 0.717) is 11.4 Å². The monoisotopic (exact) mass is 392 g/mol. The molecule has 2 heterocycles. The lowest BCUT2D eigenvalue weighted by molar-refractivity contribution is 0.0956. The molecule has 0 aromatic carbocycles. The number of aryl methyl sites for hydroxylation is 1. The Morgan fingerprint density at radius 2 is 2.33 bits per heavy atom. The summed E-state index contributed by atoms with van der Waals surface area (Å²) in [5, 5.41) is 10.4. The molecule has 2 aromatic rings. The van der Waals surface area contributed by atoms with Crippen molar-refractivity contribution in [2.75, 3.05) is 6.54 Å². The highest BCUT2D eigenvalue weighted by atomic mass is 79.9. The Bertz CT molecular complexity index is 506. The van der Waals surface area contributed by atoms with E-state index in [-0.39, 0.29) is 5.91 Å². The lowest BCUT2D eigenvalue weighted by Gasteiger charge is -2.03. The minimum absolute atomic E-state index is 0.0509. The van der Waals surface area contributed by atoms with E-state index in [1.54, 1.807) is 17.1 Å². The second kappa shape index (κ2) is 6.44. The van der Waals surface area contributed by atoms with Crippen LogP contribution in [0.1, 0.15) is 16.1 Å². The third kappa shape index (κ3) is 3.63. The quantitative estimate of drug-likeness (QED) is 0.794. The number of rotatable bonds is 5. The van der Waals surface area contributed by atoms with Crippen LogP contribution in [0.5, 0.6) is 0 Å². The zero-order valence-electron chi connectivity index (χ0n) is 9.27. The summed E-state index contributed by atoms with van der Waals surface area (Å²) in [4.78, 5) is 12.5. The van der Waals surface area contributed by atoms with E-state index in [9.17, 15) is 4.79 Å². The molecule has 0 aliphatic heterocycles. The fourth-order valence-electron chi connectivity index (χ4n) is 1.34. The normalized spacial score (nSPS) is 10.6. The molecule has 18 heavy (non-hydrogen) atoms. The molecule has 96 valence electrons. The standard InChI is InChI=1S/C10H10Br2N4OS/c11-7-6-8(18-9(7)12)10(17)13-2-1-4-16-5-3-14-15-16/h3,5-6H,1-2,4H2,(H,13,17). The maximum Gasteiger partial charge on any atom is 0.261 e. The number of hydrogen-bond donors (Lipinski definition) is 1. The topological polar surface area (TPSA) is 59.8 Å². The van der Waals surface area contributed by atoms with Crippen LogP contribution in [0.4, 0.5) is 0 Å². The van der Waals surface area contributed by atoms with Crippen LogP contribution in [0, 0.1) is 0 Å². The maximum atomic E-state index is 11.8. The Hall–Kier alpha value is -0.730. The van der Waals surface area contributed by atoms with Crippen LogP contribution in [0.15, 0.2) is 26.7 Å². The molecule has 0 radical (unpaired) electrons. The van der Waals surface area contributed by atoms with Gasteiger partial charge in [0.1, 0.15) is 0 Å². The number of nitrogens with one attached hydrogen (secondary N) is 1. The first-order valence-corrected chi connectivity index (χ1v) is 7.64. The van der Waals surface area contributed by atoms with Gasteiger partial charge in [-0.05, 0) is 44.3 Å². The minimum atomic E-state index is -0.0509. The highest BCUT2D eigenvalue weighted by molar-refractivity contribution is 9.13. The molecule has 0 bridgehead atoms. The molecule has 2 aromatic heterocycles. The number of aromatic nitrogens is 3. The van der Waals surface area contributed by atoms with Gasteiger partial charge in [0.15, 0.2) is 0 Å². The molecule has 0 atom stereocenters. The number of nitrogens with zero attached hydrogens (tertiary/aromatic N) is 3. The van der Waals surface area contributed by atoms with Crippen LogP contribution in [0.25, 0.3) is 0 Å². The van der Waals surface area contributed by atoms with Crippen molar-refractivity contribution in [2.45, 2.75) is 13.0 Å². The van der Waals surface area contributed by atoms with Gasteiger partial charge >= 0.3 is 0 Å². The summed E-state index contributed by atoms with van der Waals surface area (Å²) >= 11 is 8.13. The smallest absolute Gasteiger partial charge is 0.261 e. The Morgan fingerprint density at radius 1 is 1.50 bits per heavy atom. The first-order chi connectivity index (χ1) is 8.66. The summed E-state index contributed by atoms with van der Waals surface area (Å²) in [7, 11) is 0. The average molecular weight is 394 g/mol. The molecule has 0 aliphatic carbocycles. The lowest BCUT2D eigenvalue weighted by atomic mass is 10.4. The van der Waals surface area contributed by atoms with Crippen LogP contribution in [0.2, 0.25) is 0 Å². The number of halogens is 2. The summed E-state index contributed by atoms with van der Waals surface area (Å²) in [6.45, 7) is 1.37. The second-order valence-corrected chi connectivity index (χ2v) is 6.73. The first-order valence-electron chi connectivity index (χ1n) is 5.24. The summed E-state index contributed by atoms with van der Waals surface area (Å²) in [5.74, 6) is -0.0509.